The molecule has 0 amide bonds. The molecule has 2 rings (SSSR count). The highest BCUT2D eigenvalue weighted by Crippen LogP contribution is 2.36. The Bertz CT molecular complexity index is 671. The van der Waals surface area contributed by atoms with E-state index in [0.29, 0.717) is 12.0 Å². The van der Waals surface area contributed by atoms with E-state index in [1.54, 1.807) is 38.1 Å². The molecule has 0 saturated heterocycles. The van der Waals surface area contributed by atoms with Crippen LogP contribution in [0.5, 0.6) is 0 Å². The van der Waals surface area contributed by atoms with Crippen LogP contribution >= 0.6 is 0 Å². The fourth-order valence-corrected chi connectivity index (χ4v) is 2.81. The molecule has 4 heteroatoms. The summed E-state index contributed by atoms with van der Waals surface area (Å²) in [5.41, 5.74) is 1.07. The van der Waals surface area contributed by atoms with Crippen LogP contribution in [-0.2, 0) is 12.6 Å². The summed E-state index contributed by atoms with van der Waals surface area (Å²) in [7, 11) is 0. The van der Waals surface area contributed by atoms with E-state index in [1.807, 2.05) is 6.92 Å². The molecule has 2 aromatic rings. The molecule has 0 aliphatic heterocycles. The molecule has 0 spiro atoms. The van der Waals surface area contributed by atoms with Crippen molar-refractivity contribution in [1.29, 1.82) is 0 Å². The first-order valence-corrected chi connectivity index (χ1v) is 7.64. The minimum atomic E-state index is -4.35. The summed E-state index contributed by atoms with van der Waals surface area (Å²) >= 11 is 0. The molecule has 0 fully saturated rings. The number of hydrogen-bond donors (Lipinski definition) is 0. The number of benzene rings is 2. The molecule has 0 saturated carbocycles. The Labute approximate surface area is 134 Å². The average Bonchev–Trinajstić information content (AvgIpc) is 2.46. The van der Waals surface area contributed by atoms with Gasteiger partial charge in [-0.15, -0.1) is 0 Å². The van der Waals surface area contributed by atoms with Gasteiger partial charge in [-0.3, -0.25) is 0 Å². The highest BCUT2D eigenvalue weighted by Gasteiger charge is 2.33. The van der Waals surface area contributed by atoms with Gasteiger partial charge in [-0.25, -0.2) is 4.39 Å². The van der Waals surface area contributed by atoms with Crippen molar-refractivity contribution in [2.24, 2.45) is 0 Å². The highest BCUT2D eigenvalue weighted by atomic mass is 19.4. The normalized spacial score (nSPS) is 13.4. The molecule has 23 heavy (non-hydrogen) atoms. The predicted octanol–water partition coefficient (Wildman–Crippen LogP) is 6.31. The van der Waals surface area contributed by atoms with E-state index in [1.165, 1.54) is 12.1 Å². The van der Waals surface area contributed by atoms with Gasteiger partial charge in [0.15, 0.2) is 0 Å². The first-order valence-electron chi connectivity index (χ1n) is 7.64. The van der Waals surface area contributed by atoms with E-state index in [4.69, 9.17) is 0 Å². The van der Waals surface area contributed by atoms with E-state index in [9.17, 15) is 17.6 Å². The van der Waals surface area contributed by atoms with Gasteiger partial charge in [0.2, 0.25) is 0 Å². The summed E-state index contributed by atoms with van der Waals surface area (Å²) in [5.74, 6) is -0.612. The Kier molecular flexibility index (Phi) is 5.12. The molecule has 0 radical (unpaired) electrons. The summed E-state index contributed by atoms with van der Waals surface area (Å²) in [6.45, 7) is 5.37. The van der Waals surface area contributed by atoms with Gasteiger partial charge in [-0.2, -0.15) is 13.2 Å². The van der Waals surface area contributed by atoms with Crippen LogP contribution in [0.15, 0.2) is 42.5 Å². The summed E-state index contributed by atoms with van der Waals surface area (Å²) in [5, 5.41) is 0. The van der Waals surface area contributed by atoms with Crippen LogP contribution in [-0.4, -0.2) is 0 Å². The Morgan fingerprint density at radius 2 is 1.57 bits per heavy atom. The van der Waals surface area contributed by atoms with Crippen LogP contribution in [0, 0.1) is 5.82 Å². The second-order valence-corrected chi connectivity index (χ2v) is 6.20. The van der Waals surface area contributed by atoms with Crippen molar-refractivity contribution in [3.63, 3.8) is 0 Å². The largest absolute Gasteiger partial charge is 0.416 e. The fourth-order valence-electron chi connectivity index (χ4n) is 2.81. The average molecular weight is 324 g/mol. The molecule has 1 unspecified atom stereocenters. The van der Waals surface area contributed by atoms with E-state index in [0.717, 1.165) is 11.6 Å². The number of rotatable bonds is 4. The van der Waals surface area contributed by atoms with Gasteiger partial charge in [0.25, 0.3) is 0 Å². The molecule has 0 nitrogen and oxygen atoms in total. The molecular formula is C19H20F4. The first-order chi connectivity index (χ1) is 10.7. The zero-order valence-electron chi connectivity index (χ0n) is 13.4. The number of hydrogen-bond acceptors (Lipinski definition) is 0. The Hall–Kier alpha value is -1.84. The van der Waals surface area contributed by atoms with Crippen molar-refractivity contribution in [3.05, 3.63) is 70.5 Å². The third kappa shape index (κ3) is 4.12. The van der Waals surface area contributed by atoms with E-state index in [-0.39, 0.29) is 23.2 Å². The minimum Gasteiger partial charge on any atom is -0.207 e. The quantitative estimate of drug-likeness (QED) is 0.578. The molecule has 124 valence electrons. The van der Waals surface area contributed by atoms with Crippen molar-refractivity contribution in [2.45, 2.75) is 45.2 Å². The van der Waals surface area contributed by atoms with Crippen molar-refractivity contribution in [1.82, 2.24) is 0 Å². The Balaban J connectivity index is 2.31. The monoisotopic (exact) mass is 324 g/mol. The minimum absolute atomic E-state index is 0.104. The van der Waals surface area contributed by atoms with Gasteiger partial charge in [-0.05, 0) is 47.1 Å². The zero-order chi connectivity index (χ0) is 17.2. The SMILES string of the molecule is CC(C)c1cc(CC(C)c2ccccc2F)ccc1C(F)(F)F. The van der Waals surface area contributed by atoms with Crippen molar-refractivity contribution < 1.29 is 17.6 Å². The van der Waals surface area contributed by atoms with Crippen molar-refractivity contribution in [2.75, 3.05) is 0 Å². The third-order valence-corrected chi connectivity index (χ3v) is 4.02. The lowest BCUT2D eigenvalue weighted by Crippen LogP contribution is -2.11. The summed E-state index contributed by atoms with van der Waals surface area (Å²) < 4.78 is 53.0. The molecule has 0 heterocycles. The van der Waals surface area contributed by atoms with Gasteiger partial charge in [0.05, 0.1) is 5.56 Å². The zero-order valence-corrected chi connectivity index (χ0v) is 13.4. The van der Waals surface area contributed by atoms with Crippen LogP contribution in [0.3, 0.4) is 0 Å². The summed E-state index contributed by atoms with van der Waals surface area (Å²) in [6.07, 6.45) is -3.85. The maximum Gasteiger partial charge on any atom is 0.416 e. The lowest BCUT2D eigenvalue weighted by Gasteiger charge is -2.19. The van der Waals surface area contributed by atoms with E-state index in [2.05, 4.69) is 0 Å². The predicted molar refractivity (Wildman–Crippen MR) is 84.1 cm³/mol. The molecule has 0 aliphatic carbocycles. The van der Waals surface area contributed by atoms with Crippen molar-refractivity contribution >= 4 is 0 Å². The maximum atomic E-state index is 13.8. The summed E-state index contributed by atoms with van der Waals surface area (Å²) in [6, 6.07) is 10.7. The van der Waals surface area contributed by atoms with Gasteiger partial charge < -0.3 is 0 Å². The molecule has 0 N–H and O–H groups in total. The van der Waals surface area contributed by atoms with Crippen LogP contribution in [0.25, 0.3) is 0 Å². The van der Waals surface area contributed by atoms with Crippen LogP contribution in [0.2, 0.25) is 0 Å². The lowest BCUT2D eigenvalue weighted by molar-refractivity contribution is -0.138. The Morgan fingerprint density at radius 1 is 0.913 bits per heavy atom. The van der Waals surface area contributed by atoms with Crippen LogP contribution in [0.4, 0.5) is 17.6 Å². The summed E-state index contributed by atoms with van der Waals surface area (Å²) in [4.78, 5) is 0. The number of alkyl halides is 3. The second-order valence-electron chi connectivity index (χ2n) is 6.20. The maximum absolute atomic E-state index is 13.8. The van der Waals surface area contributed by atoms with Gasteiger partial charge >= 0.3 is 6.18 Å². The van der Waals surface area contributed by atoms with Crippen molar-refractivity contribution in [3.8, 4) is 0 Å². The molecule has 0 aromatic heterocycles. The van der Waals surface area contributed by atoms with E-state index < -0.39 is 11.7 Å². The standard InChI is InChI=1S/C19H20F4/c1-12(2)16-11-14(8-9-17(16)19(21,22)23)10-13(3)15-6-4-5-7-18(15)20/h4-9,11-13H,10H2,1-3H3. The van der Waals surface area contributed by atoms with Crippen LogP contribution in [0.1, 0.15) is 54.9 Å². The molecule has 2 aromatic carbocycles. The van der Waals surface area contributed by atoms with Crippen LogP contribution < -0.4 is 0 Å². The fraction of sp³-hybridized carbons (Fsp3) is 0.368. The Morgan fingerprint density at radius 3 is 2.13 bits per heavy atom. The molecule has 0 aliphatic rings. The molecule has 0 bridgehead atoms. The highest BCUT2D eigenvalue weighted by molar-refractivity contribution is 5.37. The van der Waals surface area contributed by atoms with Gasteiger partial charge in [-0.1, -0.05) is 51.1 Å². The molecule has 1 atom stereocenters. The van der Waals surface area contributed by atoms with Gasteiger partial charge in [0, 0.05) is 0 Å². The molecular weight excluding hydrogens is 304 g/mol. The second kappa shape index (κ2) is 6.73. The smallest absolute Gasteiger partial charge is 0.207 e. The van der Waals surface area contributed by atoms with Gasteiger partial charge in [0.1, 0.15) is 5.82 Å². The lowest BCUT2D eigenvalue weighted by atomic mass is 9.89. The third-order valence-electron chi connectivity index (χ3n) is 4.02. The first kappa shape index (κ1) is 17.5. The topological polar surface area (TPSA) is 0 Å². The number of halogens is 4. The van der Waals surface area contributed by atoms with E-state index >= 15 is 0 Å².